The summed E-state index contributed by atoms with van der Waals surface area (Å²) >= 11 is 5.78. The highest BCUT2D eigenvalue weighted by Gasteiger charge is 2.17. The number of β-amino-alcohol motifs (C(OH)–C–C–N with tert-alkyl or cyclic N) is 1. The Bertz CT molecular complexity index is 474. The van der Waals surface area contributed by atoms with Crippen molar-refractivity contribution in [3.63, 3.8) is 0 Å². The van der Waals surface area contributed by atoms with Crippen molar-refractivity contribution in [2.45, 2.75) is 32.4 Å². The molecule has 6 nitrogen and oxygen atoms in total. The molecule has 1 atom stereocenters. The average Bonchev–Trinajstić information content (AvgIpc) is 2.32. The van der Waals surface area contributed by atoms with Crippen LogP contribution in [0.15, 0.2) is 18.2 Å². The van der Waals surface area contributed by atoms with Crippen molar-refractivity contribution in [1.29, 1.82) is 0 Å². The third kappa shape index (κ3) is 5.73. The van der Waals surface area contributed by atoms with Gasteiger partial charge in [0.15, 0.2) is 5.75 Å². The highest BCUT2D eigenvalue weighted by Crippen LogP contribution is 2.29. The van der Waals surface area contributed by atoms with E-state index in [4.69, 9.17) is 16.3 Å². The molecular weight excluding hydrogens is 284 g/mol. The van der Waals surface area contributed by atoms with E-state index < -0.39 is 11.0 Å². The van der Waals surface area contributed by atoms with Crippen molar-refractivity contribution in [3.05, 3.63) is 33.3 Å². The fourth-order valence-electron chi connectivity index (χ4n) is 1.42. The van der Waals surface area contributed by atoms with Gasteiger partial charge in [-0.15, -0.1) is 0 Å². The second kappa shape index (κ2) is 6.88. The van der Waals surface area contributed by atoms with Crippen molar-refractivity contribution in [1.82, 2.24) is 5.32 Å². The Labute approximate surface area is 122 Å². The van der Waals surface area contributed by atoms with Gasteiger partial charge >= 0.3 is 5.69 Å². The topological polar surface area (TPSA) is 84.6 Å². The molecule has 0 amide bonds. The molecule has 0 aliphatic rings. The van der Waals surface area contributed by atoms with Gasteiger partial charge in [-0.2, -0.15) is 0 Å². The van der Waals surface area contributed by atoms with Crippen LogP contribution in [0.3, 0.4) is 0 Å². The smallest absolute Gasteiger partial charge is 0.311 e. The highest BCUT2D eigenvalue weighted by atomic mass is 35.5. The minimum atomic E-state index is -0.771. The number of halogens is 1. The molecule has 0 spiro atoms. The van der Waals surface area contributed by atoms with Crippen molar-refractivity contribution in [2.75, 3.05) is 13.2 Å². The lowest BCUT2D eigenvalue weighted by molar-refractivity contribution is -0.385. The maximum absolute atomic E-state index is 10.8. The molecule has 7 heteroatoms. The first-order valence-corrected chi connectivity index (χ1v) is 6.56. The van der Waals surface area contributed by atoms with Crippen LogP contribution in [-0.2, 0) is 0 Å². The molecule has 1 rings (SSSR count). The molecule has 0 saturated carbocycles. The summed E-state index contributed by atoms with van der Waals surface area (Å²) in [6, 6.07) is 4.06. The lowest BCUT2D eigenvalue weighted by atomic mass is 10.1. The lowest BCUT2D eigenvalue weighted by Crippen LogP contribution is -2.42. The number of aliphatic hydroxyl groups is 1. The van der Waals surface area contributed by atoms with Gasteiger partial charge in [-0.3, -0.25) is 10.1 Å². The summed E-state index contributed by atoms with van der Waals surface area (Å²) in [5.74, 6) is 0.0531. The zero-order valence-electron chi connectivity index (χ0n) is 11.7. The molecule has 0 aromatic heterocycles. The standard InChI is InChI=1S/C13H19ClN2O4/c1-13(2,3)15-7-10(17)8-20-12-6-9(14)4-5-11(12)16(18)19/h4-6,10,15,17H,7-8H2,1-3H3. The second-order valence-corrected chi connectivity index (χ2v) is 5.90. The van der Waals surface area contributed by atoms with Crippen LogP contribution in [0, 0.1) is 10.1 Å². The second-order valence-electron chi connectivity index (χ2n) is 5.46. The molecule has 0 aliphatic heterocycles. The number of nitrogens with zero attached hydrogens (tertiary/aromatic N) is 1. The Morgan fingerprint density at radius 1 is 1.50 bits per heavy atom. The molecule has 0 fully saturated rings. The summed E-state index contributed by atoms with van der Waals surface area (Å²) in [5, 5.41) is 24.1. The first-order chi connectivity index (χ1) is 9.19. The zero-order chi connectivity index (χ0) is 15.3. The van der Waals surface area contributed by atoms with E-state index in [0.29, 0.717) is 11.6 Å². The third-order valence-electron chi connectivity index (χ3n) is 2.42. The molecule has 1 aromatic rings. The quantitative estimate of drug-likeness (QED) is 0.622. The predicted octanol–water partition coefficient (Wildman–Crippen LogP) is 2.38. The summed E-state index contributed by atoms with van der Waals surface area (Å²) in [4.78, 5) is 10.3. The fraction of sp³-hybridized carbons (Fsp3) is 0.538. The number of benzene rings is 1. The van der Waals surface area contributed by atoms with Crippen LogP contribution in [0.2, 0.25) is 5.02 Å². The molecule has 20 heavy (non-hydrogen) atoms. The van der Waals surface area contributed by atoms with E-state index in [9.17, 15) is 15.2 Å². The van der Waals surface area contributed by atoms with Crippen LogP contribution >= 0.6 is 11.6 Å². The number of nitro groups is 1. The van der Waals surface area contributed by atoms with Crippen molar-refractivity contribution >= 4 is 17.3 Å². The number of ether oxygens (including phenoxy) is 1. The molecule has 1 unspecified atom stereocenters. The van der Waals surface area contributed by atoms with Gasteiger partial charge in [0.1, 0.15) is 12.7 Å². The van der Waals surface area contributed by atoms with Crippen LogP contribution in [0.25, 0.3) is 0 Å². The van der Waals surface area contributed by atoms with Gasteiger partial charge in [-0.25, -0.2) is 0 Å². The molecule has 0 bridgehead atoms. The Balaban J connectivity index is 2.61. The Hall–Kier alpha value is -1.37. The van der Waals surface area contributed by atoms with Gasteiger partial charge in [0.2, 0.25) is 0 Å². The van der Waals surface area contributed by atoms with Crippen LogP contribution in [0.1, 0.15) is 20.8 Å². The fourth-order valence-corrected chi connectivity index (χ4v) is 1.59. The van der Waals surface area contributed by atoms with Crippen LogP contribution in [0.5, 0.6) is 5.75 Å². The van der Waals surface area contributed by atoms with Gasteiger partial charge in [-0.1, -0.05) is 11.6 Å². The van der Waals surface area contributed by atoms with Gasteiger partial charge < -0.3 is 15.2 Å². The lowest BCUT2D eigenvalue weighted by Gasteiger charge is -2.22. The first-order valence-electron chi connectivity index (χ1n) is 6.19. The maximum Gasteiger partial charge on any atom is 0.311 e. The normalized spacial score (nSPS) is 13.1. The Morgan fingerprint density at radius 3 is 2.70 bits per heavy atom. The van der Waals surface area contributed by atoms with E-state index in [1.165, 1.54) is 18.2 Å². The van der Waals surface area contributed by atoms with Crippen LogP contribution in [0.4, 0.5) is 5.69 Å². The van der Waals surface area contributed by atoms with Gasteiger partial charge in [-0.05, 0) is 26.8 Å². The van der Waals surface area contributed by atoms with Crippen molar-refractivity contribution in [2.24, 2.45) is 0 Å². The van der Waals surface area contributed by atoms with Gasteiger partial charge in [0.25, 0.3) is 0 Å². The number of hydrogen-bond acceptors (Lipinski definition) is 5. The predicted molar refractivity (Wildman–Crippen MR) is 77.4 cm³/mol. The largest absolute Gasteiger partial charge is 0.484 e. The van der Waals surface area contributed by atoms with E-state index in [2.05, 4.69) is 5.32 Å². The molecule has 112 valence electrons. The Morgan fingerprint density at radius 2 is 2.15 bits per heavy atom. The molecule has 0 radical (unpaired) electrons. The maximum atomic E-state index is 10.8. The highest BCUT2D eigenvalue weighted by molar-refractivity contribution is 6.30. The van der Waals surface area contributed by atoms with E-state index in [0.717, 1.165) is 0 Å². The number of rotatable bonds is 6. The van der Waals surface area contributed by atoms with Gasteiger partial charge in [0.05, 0.1) is 4.92 Å². The Kier molecular flexibility index (Phi) is 5.74. The van der Waals surface area contributed by atoms with E-state index >= 15 is 0 Å². The van der Waals surface area contributed by atoms with Crippen LogP contribution < -0.4 is 10.1 Å². The van der Waals surface area contributed by atoms with Gasteiger partial charge in [0, 0.05) is 29.2 Å². The molecule has 0 heterocycles. The number of hydrogen-bond donors (Lipinski definition) is 2. The molecule has 1 aromatic carbocycles. The number of nitrogens with one attached hydrogen (secondary N) is 1. The van der Waals surface area contributed by atoms with Crippen LogP contribution in [-0.4, -0.2) is 34.8 Å². The summed E-state index contributed by atoms with van der Waals surface area (Å²) in [7, 11) is 0. The summed E-state index contributed by atoms with van der Waals surface area (Å²) in [5.41, 5.74) is -0.298. The minimum absolute atomic E-state index is 0.0513. The van der Waals surface area contributed by atoms with Crippen molar-refractivity contribution < 1.29 is 14.8 Å². The molecule has 0 saturated heterocycles. The van der Waals surface area contributed by atoms with E-state index in [1.807, 2.05) is 20.8 Å². The minimum Gasteiger partial charge on any atom is -0.484 e. The monoisotopic (exact) mass is 302 g/mol. The summed E-state index contributed by atoms with van der Waals surface area (Å²) < 4.78 is 5.29. The molecule has 2 N–H and O–H groups in total. The van der Waals surface area contributed by atoms with E-state index in [-0.39, 0.29) is 23.6 Å². The zero-order valence-corrected chi connectivity index (χ0v) is 12.5. The first kappa shape index (κ1) is 16.7. The number of aliphatic hydroxyl groups excluding tert-OH is 1. The third-order valence-corrected chi connectivity index (χ3v) is 2.65. The van der Waals surface area contributed by atoms with Crippen molar-refractivity contribution in [3.8, 4) is 5.75 Å². The summed E-state index contributed by atoms with van der Waals surface area (Å²) in [6.45, 7) is 6.20. The van der Waals surface area contributed by atoms with E-state index in [1.54, 1.807) is 0 Å². The number of nitro benzene ring substituents is 1. The molecular formula is C13H19ClN2O4. The molecule has 0 aliphatic carbocycles. The average molecular weight is 303 g/mol. The summed E-state index contributed by atoms with van der Waals surface area (Å²) in [6.07, 6.45) is -0.771. The SMILES string of the molecule is CC(C)(C)NCC(O)COc1cc(Cl)ccc1[N+](=O)[O-].